The van der Waals surface area contributed by atoms with E-state index in [1.807, 2.05) is 26.0 Å². The van der Waals surface area contributed by atoms with Crippen LogP contribution in [0.3, 0.4) is 0 Å². The minimum Gasteiger partial charge on any atom is -0.385 e. The third-order valence-electron chi connectivity index (χ3n) is 3.20. The van der Waals surface area contributed by atoms with Crippen LogP contribution < -0.4 is 16.0 Å². The maximum absolute atomic E-state index is 12.0. The zero-order chi connectivity index (χ0) is 14.5. The highest BCUT2D eigenvalue weighted by Crippen LogP contribution is 2.18. The van der Waals surface area contributed by atoms with Gasteiger partial charge in [0.25, 0.3) is 5.91 Å². The Morgan fingerprint density at radius 2 is 2.05 bits per heavy atom. The summed E-state index contributed by atoms with van der Waals surface area (Å²) >= 11 is 0. The van der Waals surface area contributed by atoms with Gasteiger partial charge in [0.1, 0.15) is 0 Å². The maximum atomic E-state index is 12.0. The fourth-order valence-electron chi connectivity index (χ4n) is 1.99. The largest absolute Gasteiger partial charge is 0.385 e. The third kappa shape index (κ3) is 3.98. The van der Waals surface area contributed by atoms with Crippen molar-refractivity contribution in [2.45, 2.75) is 32.7 Å². The van der Waals surface area contributed by atoms with E-state index in [4.69, 9.17) is 0 Å². The van der Waals surface area contributed by atoms with Crippen molar-refractivity contribution in [2.75, 3.05) is 18.4 Å². The summed E-state index contributed by atoms with van der Waals surface area (Å²) in [7, 11) is 0. The molecule has 108 valence electrons. The SMILES string of the molecule is CCNc1ccc(C(=O)NCC(=O)NC2CC2)c(C)c1. The van der Waals surface area contributed by atoms with Gasteiger partial charge < -0.3 is 16.0 Å². The molecule has 5 nitrogen and oxygen atoms in total. The van der Waals surface area contributed by atoms with Crippen LogP contribution in [0.25, 0.3) is 0 Å². The molecule has 5 heteroatoms. The summed E-state index contributed by atoms with van der Waals surface area (Å²) in [4.78, 5) is 23.5. The van der Waals surface area contributed by atoms with Crippen LogP contribution in [0.1, 0.15) is 35.7 Å². The van der Waals surface area contributed by atoms with Crippen molar-refractivity contribution in [3.63, 3.8) is 0 Å². The third-order valence-corrected chi connectivity index (χ3v) is 3.20. The first-order valence-corrected chi connectivity index (χ1v) is 7.02. The van der Waals surface area contributed by atoms with E-state index in [1.165, 1.54) is 0 Å². The van der Waals surface area contributed by atoms with Gasteiger partial charge in [-0.3, -0.25) is 9.59 Å². The van der Waals surface area contributed by atoms with E-state index in [0.717, 1.165) is 30.6 Å². The fraction of sp³-hybridized carbons (Fsp3) is 0.467. The Morgan fingerprint density at radius 3 is 2.65 bits per heavy atom. The van der Waals surface area contributed by atoms with E-state index in [2.05, 4.69) is 16.0 Å². The molecule has 20 heavy (non-hydrogen) atoms. The average molecular weight is 275 g/mol. The molecule has 0 bridgehead atoms. The van der Waals surface area contributed by atoms with Gasteiger partial charge in [0.05, 0.1) is 6.54 Å². The van der Waals surface area contributed by atoms with E-state index in [0.29, 0.717) is 11.6 Å². The average Bonchev–Trinajstić information content (AvgIpc) is 3.20. The van der Waals surface area contributed by atoms with Crippen molar-refractivity contribution >= 4 is 17.5 Å². The number of amides is 2. The lowest BCUT2D eigenvalue weighted by atomic mass is 10.1. The van der Waals surface area contributed by atoms with E-state index >= 15 is 0 Å². The van der Waals surface area contributed by atoms with Crippen LogP contribution in [0, 0.1) is 6.92 Å². The predicted molar refractivity (Wildman–Crippen MR) is 78.8 cm³/mol. The first kappa shape index (κ1) is 14.4. The second-order valence-electron chi connectivity index (χ2n) is 5.08. The van der Waals surface area contributed by atoms with Crippen molar-refractivity contribution in [2.24, 2.45) is 0 Å². The molecule has 0 heterocycles. The van der Waals surface area contributed by atoms with Crippen LogP contribution in [0.4, 0.5) is 5.69 Å². The highest BCUT2D eigenvalue weighted by atomic mass is 16.2. The summed E-state index contributed by atoms with van der Waals surface area (Å²) in [6.07, 6.45) is 2.09. The van der Waals surface area contributed by atoms with Crippen LogP contribution >= 0.6 is 0 Å². The highest BCUT2D eigenvalue weighted by Gasteiger charge is 2.23. The molecule has 1 aromatic carbocycles. The van der Waals surface area contributed by atoms with Crippen molar-refractivity contribution in [1.29, 1.82) is 0 Å². The van der Waals surface area contributed by atoms with Crippen LogP contribution in [0.2, 0.25) is 0 Å². The molecule has 0 radical (unpaired) electrons. The Morgan fingerprint density at radius 1 is 1.30 bits per heavy atom. The first-order chi connectivity index (χ1) is 9.60. The molecule has 2 rings (SSSR count). The normalized spacial score (nSPS) is 13.7. The number of carbonyl (C=O) groups excluding carboxylic acids is 2. The quantitative estimate of drug-likeness (QED) is 0.735. The molecule has 0 saturated heterocycles. The molecule has 0 unspecified atom stereocenters. The van der Waals surface area contributed by atoms with Crippen molar-refractivity contribution in [1.82, 2.24) is 10.6 Å². The molecule has 1 aliphatic rings. The second-order valence-corrected chi connectivity index (χ2v) is 5.08. The Hall–Kier alpha value is -2.04. The van der Waals surface area contributed by atoms with Crippen molar-refractivity contribution in [3.8, 4) is 0 Å². The number of hydrogen-bond acceptors (Lipinski definition) is 3. The number of nitrogens with one attached hydrogen (secondary N) is 3. The van der Waals surface area contributed by atoms with Gasteiger partial charge in [0, 0.05) is 23.8 Å². The van der Waals surface area contributed by atoms with Gasteiger partial charge in [0.2, 0.25) is 5.91 Å². The topological polar surface area (TPSA) is 70.2 Å². The molecular formula is C15H21N3O2. The highest BCUT2D eigenvalue weighted by molar-refractivity contribution is 5.98. The lowest BCUT2D eigenvalue weighted by molar-refractivity contribution is -0.120. The Balaban J connectivity index is 1.89. The Bertz CT molecular complexity index is 510. The summed E-state index contributed by atoms with van der Waals surface area (Å²) < 4.78 is 0. The molecule has 2 amide bonds. The molecule has 0 spiro atoms. The van der Waals surface area contributed by atoms with Crippen molar-refractivity contribution < 1.29 is 9.59 Å². The molecule has 1 aromatic rings. The summed E-state index contributed by atoms with van der Waals surface area (Å²) in [5.41, 5.74) is 2.49. The molecule has 1 aliphatic carbocycles. The number of carbonyl (C=O) groups is 2. The first-order valence-electron chi connectivity index (χ1n) is 7.02. The van der Waals surface area contributed by atoms with Gasteiger partial charge in [-0.25, -0.2) is 0 Å². The van der Waals surface area contributed by atoms with Gasteiger partial charge in [-0.05, 0) is 50.5 Å². The van der Waals surface area contributed by atoms with E-state index in [9.17, 15) is 9.59 Å². The Kier molecular flexibility index (Phi) is 4.61. The summed E-state index contributed by atoms with van der Waals surface area (Å²) in [6, 6.07) is 5.90. The molecule has 3 N–H and O–H groups in total. The molecular weight excluding hydrogens is 254 g/mol. The van der Waals surface area contributed by atoms with E-state index < -0.39 is 0 Å². The van der Waals surface area contributed by atoms with Crippen LogP contribution in [0.15, 0.2) is 18.2 Å². The lowest BCUT2D eigenvalue weighted by Crippen LogP contribution is -2.38. The van der Waals surface area contributed by atoms with Gasteiger partial charge in [0.15, 0.2) is 0 Å². The molecule has 1 saturated carbocycles. The molecule has 1 fully saturated rings. The minimum atomic E-state index is -0.212. The van der Waals surface area contributed by atoms with Gasteiger partial charge in [-0.2, -0.15) is 0 Å². The van der Waals surface area contributed by atoms with E-state index in [-0.39, 0.29) is 18.4 Å². The van der Waals surface area contributed by atoms with Crippen LogP contribution in [-0.2, 0) is 4.79 Å². The van der Waals surface area contributed by atoms with Gasteiger partial charge in [-0.1, -0.05) is 0 Å². The van der Waals surface area contributed by atoms with Crippen LogP contribution in [-0.4, -0.2) is 30.9 Å². The lowest BCUT2D eigenvalue weighted by Gasteiger charge is -2.10. The van der Waals surface area contributed by atoms with Gasteiger partial charge >= 0.3 is 0 Å². The number of benzene rings is 1. The molecule has 0 atom stereocenters. The fourth-order valence-corrected chi connectivity index (χ4v) is 1.99. The molecule has 0 aromatic heterocycles. The number of aryl methyl sites for hydroxylation is 1. The van der Waals surface area contributed by atoms with E-state index in [1.54, 1.807) is 6.07 Å². The van der Waals surface area contributed by atoms with Crippen LogP contribution in [0.5, 0.6) is 0 Å². The molecule has 0 aliphatic heterocycles. The summed E-state index contributed by atoms with van der Waals surface area (Å²) in [6.45, 7) is 4.78. The van der Waals surface area contributed by atoms with Gasteiger partial charge in [-0.15, -0.1) is 0 Å². The summed E-state index contributed by atoms with van der Waals surface area (Å²) in [5, 5.41) is 8.69. The van der Waals surface area contributed by atoms with Crippen molar-refractivity contribution in [3.05, 3.63) is 29.3 Å². The monoisotopic (exact) mass is 275 g/mol. The smallest absolute Gasteiger partial charge is 0.251 e. The second kappa shape index (κ2) is 6.41. The summed E-state index contributed by atoms with van der Waals surface area (Å²) in [5.74, 6) is -0.334. The maximum Gasteiger partial charge on any atom is 0.251 e. The number of rotatable bonds is 6. The zero-order valence-corrected chi connectivity index (χ0v) is 12.0. The number of anilines is 1. The standard InChI is InChI=1S/C15H21N3O2/c1-3-16-12-6-7-13(10(2)8-12)15(20)17-9-14(19)18-11-4-5-11/h6-8,11,16H,3-5,9H2,1-2H3,(H,17,20)(H,18,19). The minimum absolute atomic E-state index is 0.0315. The zero-order valence-electron chi connectivity index (χ0n) is 12.0. The number of hydrogen-bond donors (Lipinski definition) is 3. The predicted octanol–water partition coefficient (Wildman–Crippen LogP) is 1.44. The Labute approximate surface area is 119 Å².